The summed E-state index contributed by atoms with van der Waals surface area (Å²) in [6, 6.07) is 16.3. The summed E-state index contributed by atoms with van der Waals surface area (Å²) in [6.45, 7) is 4.00. The second kappa shape index (κ2) is 5.62. The molecule has 0 bridgehead atoms. The van der Waals surface area contributed by atoms with E-state index in [1.165, 1.54) is 0 Å². The summed E-state index contributed by atoms with van der Waals surface area (Å²) in [5, 5.41) is 1.16. The Balaban J connectivity index is 1.87. The lowest BCUT2D eigenvalue weighted by atomic mass is 10.0. The summed E-state index contributed by atoms with van der Waals surface area (Å²) in [7, 11) is 0. The van der Waals surface area contributed by atoms with Crippen molar-refractivity contribution in [2.24, 2.45) is 5.73 Å². The Morgan fingerprint density at radius 2 is 1.76 bits per heavy atom. The van der Waals surface area contributed by atoms with Gasteiger partial charge in [-0.15, -0.1) is 0 Å². The molecule has 1 aromatic carbocycles. The molecule has 106 valence electrons. The molecule has 1 atom stereocenters. The molecular weight excluding hydrogens is 258 g/mol. The lowest BCUT2D eigenvalue weighted by Gasteiger charge is -2.14. The monoisotopic (exact) mass is 277 g/mol. The minimum Gasteiger partial charge on any atom is -0.324 e. The number of benzene rings is 1. The third-order valence-corrected chi connectivity index (χ3v) is 3.75. The van der Waals surface area contributed by atoms with Crippen molar-refractivity contribution in [3.05, 3.63) is 71.2 Å². The molecular formula is C18H19N3. The van der Waals surface area contributed by atoms with Crippen LogP contribution in [0.5, 0.6) is 0 Å². The molecule has 3 aromatic rings. The van der Waals surface area contributed by atoms with E-state index in [4.69, 9.17) is 5.73 Å². The summed E-state index contributed by atoms with van der Waals surface area (Å²) in [5.41, 5.74) is 11.5. The average molecular weight is 277 g/mol. The van der Waals surface area contributed by atoms with Crippen molar-refractivity contribution in [2.45, 2.75) is 26.3 Å². The topological polar surface area (TPSA) is 51.8 Å². The van der Waals surface area contributed by atoms with Crippen molar-refractivity contribution < 1.29 is 0 Å². The van der Waals surface area contributed by atoms with E-state index in [0.29, 0.717) is 0 Å². The van der Waals surface area contributed by atoms with E-state index in [9.17, 15) is 0 Å². The van der Waals surface area contributed by atoms with Crippen LogP contribution in [0.25, 0.3) is 10.9 Å². The van der Waals surface area contributed by atoms with E-state index in [1.807, 2.05) is 38.1 Å². The van der Waals surface area contributed by atoms with Gasteiger partial charge in [-0.1, -0.05) is 30.3 Å². The fourth-order valence-electron chi connectivity index (χ4n) is 2.65. The number of hydrogen-bond acceptors (Lipinski definition) is 3. The molecule has 0 spiro atoms. The normalized spacial score (nSPS) is 12.5. The Hall–Kier alpha value is -2.26. The Morgan fingerprint density at radius 3 is 2.57 bits per heavy atom. The molecule has 1 unspecified atom stereocenters. The fourth-order valence-corrected chi connectivity index (χ4v) is 2.65. The van der Waals surface area contributed by atoms with Crippen LogP contribution >= 0.6 is 0 Å². The number of rotatable bonds is 3. The van der Waals surface area contributed by atoms with Crippen molar-refractivity contribution in [1.82, 2.24) is 9.97 Å². The molecule has 0 aliphatic carbocycles. The van der Waals surface area contributed by atoms with Gasteiger partial charge in [0.1, 0.15) is 0 Å². The van der Waals surface area contributed by atoms with Crippen molar-refractivity contribution in [3.63, 3.8) is 0 Å². The highest BCUT2D eigenvalue weighted by Gasteiger charge is 2.12. The second-order valence-corrected chi connectivity index (χ2v) is 5.43. The highest BCUT2D eigenvalue weighted by molar-refractivity contribution is 5.78. The van der Waals surface area contributed by atoms with Gasteiger partial charge < -0.3 is 5.73 Å². The average Bonchev–Trinajstić information content (AvgIpc) is 2.47. The van der Waals surface area contributed by atoms with Gasteiger partial charge in [0.2, 0.25) is 0 Å². The Labute approximate surface area is 124 Å². The highest BCUT2D eigenvalue weighted by atomic mass is 14.7. The summed E-state index contributed by atoms with van der Waals surface area (Å²) in [6.07, 6.45) is 0.719. The minimum absolute atomic E-state index is 0.0771. The molecule has 3 rings (SSSR count). The molecule has 21 heavy (non-hydrogen) atoms. The van der Waals surface area contributed by atoms with Gasteiger partial charge in [-0.3, -0.25) is 9.97 Å². The summed E-state index contributed by atoms with van der Waals surface area (Å²) in [4.78, 5) is 9.17. The van der Waals surface area contributed by atoms with Gasteiger partial charge in [0, 0.05) is 34.9 Å². The summed E-state index contributed by atoms with van der Waals surface area (Å²) < 4.78 is 0. The smallest absolute Gasteiger partial charge is 0.0705 e. The number of hydrogen-bond donors (Lipinski definition) is 1. The van der Waals surface area contributed by atoms with Crippen LogP contribution in [-0.2, 0) is 6.42 Å². The minimum atomic E-state index is -0.0771. The van der Waals surface area contributed by atoms with E-state index in [1.54, 1.807) is 0 Å². The summed E-state index contributed by atoms with van der Waals surface area (Å²) in [5.74, 6) is 0. The first-order chi connectivity index (χ1) is 10.1. The lowest BCUT2D eigenvalue weighted by Crippen LogP contribution is -2.16. The van der Waals surface area contributed by atoms with Crippen LogP contribution in [0.3, 0.4) is 0 Å². The van der Waals surface area contributed by atoms with Gasteiger partial charge in [0.15, 0.2) is 0 Å². The van der Waals surface area contributed by atoms with Crippen molar-refractivity contribution in [2.75, 3.05) is 0 Å². The standard InChI is InChI=1S/C18H19N3/c1-12-7-10-16(13(2)20-12)17(19)11-15-9-8-14-5-3-4-6-18(14)21-15/h3-10,17H,11,19H2,1-2H3. The number of para-hydroxylation sites is 1. The first-order valence-corrected chi connectivity index (χ1v) is 7.18. The van der Waals surface area contributed by atoms with Gasteiger partial charge >= 0.3 is 0 Å². The Kier molecular flexibility index (Phi) is 3.67. The van der Waals surface area contributed by atoms with Gasteiger partial charge in [0.05, 0.1) is 5.52 Å². The number of pyridine rings is 2. The van der Waals surface area contributed by atoms with Crippen LogP contribution in [-0.4, -0.2) is 9.97 Å². The predicted molar refractivity (Wildman–Crippen MR) is 86.1 cm³/mol. The van der Waals surface area contributed by atoms with Crippen LogP contribution in [0.2, 0.25) is 0 Å². The predicted octanol–water partition coefficient (Wildman–Crippen LogP) is 3.49. The van der Waals surface area contributed by atoms with Crippen molar-refractivity contribution in [3.8, 4) is 0 Å². The molecule has 0 radical (unpaired) electrons. The molecule has 0 saturated carbocycles. The third kappa shape index (κ3) is 2.93. The van der Waals surface area contributed by atoms with Crippen LogP contribution in [0.1, 0.15) is 28.7 Å². The van der Waals surface area contributed by atoms with E-state index >= 15 is 0 Å². The maximum absolute atomic E-state index is 6.34. The number of aromatic nitrogens is 2. The maximum Gasteiger partial charge on any atom is 0.0705 e. The maximum atomic E-state index is 6.34. The quantitative estimate of drug-likeness (QED) is 0.797. The molecule has 2 aromatic heterocycles. The molecule has 0 amide bonds. The molecule has 0 fully saturated rings. The first kappa shape index (κ1) is 13.7. The number of fused-ring (bicyclic) bond motifs is 1. The number of nitrogens with two attached hydrogens (primary N) is 1. The summed E-state index contributed by atoms with van der Waals surface area (Å²) >= 11 is 0. The van der Waals surface area contributed by atoms with Crippen LogP contribution in [0, 0.1) is 13.8 Å². The van der Waals surface area contributed by atoms with Crippen LogP contribution in [0.4, 0.5) is 0 Å². The first-order valence-electron chi connectivity index (χ1n) is 7.18. The Morgan fingerprint density at radius 1 is 0.952 bits per heavy atom. The Bertz CT molecular complexity index is 780. The van der Waals surface area contributed by atoms with Crippen molar-refractivity contribution in [1.29, 1.82) is 0 Å². The van der Waals surface area contributed by atoms with Gasteiger partial charge in [0.25, 0.3) is 0 Å². The highest BCUT2D eigenvalue weighted by Crippen LogP contribution is 2.20. The zero-order valence-corrected chi connectivity index (χ0v) is 12.4. The molecule has 3 nitrogen and oxygen atoms in total. The lowest BCUT2D eigenvalue weighted by molar-refractivity contribution is 0.698. The van der Waals surface area contributed by atoms with Crippen LogP contribution < -0.4 is 5.73 Å². The largest absolute Gasteiger partial charge is 0.324 e. The van der Waals surface area contributed by atoms with Gasteiger partial charge in [-0.25, -0.2) is 0 Å². The third-order valence-electron chi connectivity index (χ3n) is 3.75. The number of aryl methyl sites for hydroxylation is 2. The van der Waals surface area contributed by atoms with Crippen molar-refractivity contribution >= 4 is 10.9 Å². The van der Waals surface area contributed by atoms with E-state index in [0.717, 1.165) is 40.0 Å². The molecule has 3 heteroatoms. The fraction of sp³-hybridized carbons (Fsp3) is 0.222. The van der Waals surface area contributed by atoms with Gasteiger partial charge in [-0.2, -0.15) is 0 Å². The van der Waals surface area contributed by atoms with E-state index < -0.39 is 0 Å². The zero-order valence-electron chi connectivity index (χ0n) is 12.4. The molecule has 0 saturated heterocycles. The number of nitrogens with zero attached hydrogens (tertiary/aromatic N) is 2. The molecule has 0 aliphatic rings. The SMILES string of the molecule is Cc1ccc(C(N)Cc2ccc3ccccc3n2)c(C)n1. The zero-order chi connectivity index (χ0) is 14.8. The molecule has 2 heterocycles. The molecule has 2 N–H and O–H groups in total. The van der Waals surface area contributed by atoms with E-state index in [-0.39, 0.29) is 6.04 Å². The second-order valence-electron chi connectivity index (χ2n) is 5.43. The van der Waals surface area contributed by atoms with Crippen LogP contribution in [0.15, 0.2) is 48.5 Å². The van der Waals surface area contributed by atoms with E-state index in [2.05, 4.69) is 34.2 Å². The van der Waals surface area contributed by atoms with Gasteiger partial charge in [-0.05, 0) is 37.6 Å². The molecule has 0 aliphatic heterocycles.